The molecule has 1 fully saturated rings. The van der Waals surface area contributed by atoms with Crippen molar-refractivity contribution in [1.82, 2.24) is 5.32 Å². The van der Waals surface area contributed by atoms with Crippen LogP contribution in [0.2, 0.25) is 5.02 Å². The van der Waals surface area contributed by atoms with Crippen molar-refractivity contribution in [2.75, 3.05) is 6.54 Å². The Morgan fingerprint density at radius 3 is 2.67 bits per heavy atom. The van der Waals surface area contributed by atoms with E-state index in [2.05, 4.69) is 31.3 Å². The van der Waals surface area contributed by atoms with Crippen molar-refractivity contribution >= 4 is 22.6 Å². The Bertz CT molecular complexity index is 613. The van der Waals surface area contributed by atoms with Gasteiger partial charge in [-0.05, 0) is 43.4 Å². The van der Waals surface area contributed by atoms with E-state index in [4.69, 9.17) is 16.0 Å². The van der Waals surface area contributed by atoms with Gasteiger partial charge >= 0.3 is 0 Å². The van der Waals surface area contributed by atoms with E-state index in [0.717, 1.165) is 23.3 Å². The summed E-state index contributed by atoms with van der Waals surface area (Å²) in [4.78, 5) is 0. The van der Waals surface area contributed by atoms with Gasteiger partial charge in [0.1, 0.15) is 5.76 Å². The van der Waals surface area contributed by atoms with E-state index in [1.165, 1.54) is 32.1 Å². The van der Waals surface area contributed by atoms with Gasteiger partial charge in [-0.15, -0.1) is 0 Å². The SMILES string of the molecule is CCNC(c1cc2cccc(Cl)c2o1)C1(CC)CCCC1. The van der Waals surface area contributed by atoms with Gasteiger partial charge in [0.2, 0.25) is 0 Å². The topological polar surface area (TPSA) is 25.2 Å². The van der Waals surface area contributed by atoms with Crippen molar-refractivity contribution < 1.29 is 4.42 Å². The number of furan rings is 1. The zero-order chi connectivity index (χ0) is 14.9. The molecule has 1 aliphatic rings. The third-order valence-corrected chi connectivity index (χ3v) is 5.42. The molecule has 0 aliphatic heterocycles. The average molecular weight is 306 g/mol. The third-order valence-electron chi connectivity index (χ3n) is 5.12. The molecule has 2 aromatic rings. The summed E-state index contributed by atoms with van der Waals surface area (Å²) in [6, 6.07) is 8.41. The average Bonchev–Trinajstić information content (AvgIpc) is 3.13. The Balaban J connectivity index is 2.04. The van der Waals surface area contributed by atoms with Gasteiger partial charge in [-0.25, -0.2) is 0 Å². The number of hydrogen-bond donors (Lipinski definition) is 1. The van der Waals surface area contributed by atoms with Gasteiger partial charge in [-0.2, -0.15) is 0 Å². The van der Waals surface area contributed by atoms with Crippen LogP contribution in [0.25, 0.3) is 11.0 Å². The van der Waals surface area contributed by atoms with E-state index < -0.39 is 0 Å². The van der Waals surface area contributed by atoms with E-state index >= 15 is 0 Å². The Morgan fingerprint density at radius 1 is 1.29 bits per heavy atom. The molecule has 1 aromatic carbocycles. The van der Waals surface area contributed by atoms with Gasteiger partial charge in [0.15, 0.2) is 5.58 Å². The van der Waals surface area contributed by atoms with Crippen molar-refractivity contribution in [3.8, 4) is 0 Å². The fraction of sp³-hybridized carbons (Fsp3) is 0.556. The van der Waals surface area contributed by atoms with Crippen LogP contribution in [0.1, 0.15) is 57.8 Å². The maximum Gasteiger partial charge on any atom is 0.152 e. The molecule has 1 N–H and O–H groups in total. The van der Waals surface area contributed by atoms with Crippen LogP contribution < -0.4 is 5.32 Å². The molecule has 0 radical (unpaired) electrons. The quantitative estimate of drug-likeness (QED) is 0.765. The molecule has 1 atom stereocenters. The van der Waals surface area contributed by atoms with E-state index in [1.54, 1.807) is 0 Å². The third kappa shape index (κ3) is 2.60. The second kappa shape index (κ2) is 6.02. The first kappa shape index (κ1) is 14.9. The summed E-state index contributed by atoms with van der Waals surface area (Å²) in [5, 5.41) is 5.48. The van der Waals surface area contributed by atoms with Crippen LogP contribution in [-0.4, -0.2) is 6.54 Å². The van der Waals surface area contributed by atoms with Crippen molar-refractivity contribution in [3.63, 3.8) is 0 Å². The number of benzene rings is 1. The number of fused-ring (bicyclic) bond motifs is 1. The molecule has 21 heavy (non-hydrogen) atoms. The van der Waals surface area contributed by atoms with E-state index in [0.29, 0.717) is 16.5 Å². The molecule has 0 spiro atoms. The van der Waals surface area contributed by atoms with Crippen molar-refractivity contribution in [2.24, 2.45) is 5.41 Å². The van der Waals surface area contributed by atoms with Crippen molar-refractivity contribution in [2.45, 2.75) is 52.0 Å². The second-order valence-corrected chi connectivity index (χ2v) is 6.63. The molecular weight excluding hydrogens is 282 g/mol. The van der Waals surface area contributed by atoms with Crippen LogP contribution >= 0.6 is 11.6 Å². The highest BCUT2D eigenvalue weighted by Crippen LogP contribution is 2.50. The maximum absolute atomic E-state index is 6.27. The first-order valence-corrected chi connectivity index (χ1v) is 8.49. The smallest absolute Gasteiger partial charge is 0.152 e. The lowest BCUT2D eigenvalue weighted by Crippen LogP contribution is -2.35. The zero-order valence-electron chi connectivity index (χ0n) is 12.9. The molecule has 2 nitrogen and oxygen atoms in total. The predicted octanol–water partition coefficient (Wildman–Crippen LogP) is 5.71. The lowest BCUT2D eigenvalue weighted by Gasteiger charge is -2.36. The highest BCUT2D eigenvalue weighted by atomic mass is 35.5. The summed E-state index contributed by atoms with van der Waals surface area (Å²) in [5.41, 5.74) is 1.15. The van der Waals surface area contributed by atoms with Crippen LogP contribution in [0.3, 0.4) is 0 Å². The first-order chi connectivity index (χ1) is 10.2. The molecule has 114 valence electrons. The molecule has 1 heterocycles. The monoisotopic (exact) mass is 305 g/mol. The van der Waals surface area contributed by atoms with Gasteiger partial charge in [0.05, 0.1) is 11.1 Å². The molecular formula is C18H24ClNO. The number of hydrogen-bond acceptors (Lipinski definition) is 2. The van der Waals surface area contributed by atoms with E-state index in [1.807, 2.05) is 12.1 Å². The van der Waals surface area contributed by atoms with Crippen LogP contribution in [-0.2, 0) is 0 Å². The van der Waals surface area contributed by atoms with Gasteiger partial charge in [0, 0.05) is 5.39 Å². The van der Waals surface area contributed by atoms with Crippen LogP contribution in [0, 0.1) is 5.41 Å². The maximum atomic E-state index is 6.27. The molecule has 0 saturated heterocycles. The normalized spacial score (nSPS) is 19.2. The van der Waals surface area contributed by atoms with E-state index in [9.17, 15) is 0 Å². The Labute approximate surface area is 131 Å². The fourth-order valence-electron chi connectivity index (χ4n) is 3.94. The number of rotatable bonds is 5. The van der Waals surface area contributed by atoms with Crippen LogP contribution in [0.5, 0.6) is 0 Å². The second-order valence-electron chi connectivity index (χ2n) is 6.22. The molecule has 1 aliphatic carbocycles. The minimum atomic E-state index is 0.290. The van der Waals surface area contributed by atoms with Gasteiger partial charge in [-0.1, -0.05) is 50.4 Å². The standard InChI is InChI=1S/C18H24ClNO/c1-3-18(10-5-6-11-18)17(20-4-2)15-12-13-8-7-9-14(19)16(13)21-15/h7-9,12,17,20H,3-6,10-11H2,1-2H3. The molecule has 3 heteroatoms. The van der Waals surface area contributed by atoms with Gasteiger partial charge in [-0.3, -0.25) is 0 Å². The van der Waals surface area contributed by atoms with E-state index in [-0.39, 0.29) is 0 Å². The summed E-state index contributed by atoms with van der Waals surface area (Å²) in [6.07, 6.45) is 6.42. The number of halogens is 1. The molecule has 0 amide bonds. The van der Waals surface area contributed by atoms with Crippen LogP contribution in [0.15, 0.2) is 28.7 Å². The minimum Gasteiger partial charge on any atom is -0.458 e. The largest absolute Gasteiger partial charge is 0.458 e. The zero-order valence-corrected chi connectivity index (χ0v) is 13.7. The highest BCUT2D eigenvalue weighted by molar-refractivity contribution is 6.34. The van der Waals surface area contributed by atoms with Gasteiger partial charge < -0.3 is 9.73 Å². The Kier molecular flexibility index (Phi) is 4.28. The highest BCUT2D eigenvalue weighted by Gasteiger charge is 2.41. The van der Waals surface area contributed by atoms with Crippen molar-refractivity contribution in [1.29, 1.82) is 0 Å². The molecule has 1 aromatic heterocycles. The van der Waals surface area contributed by atoms with Crippen LogP contribution in [0.4, 0.5) is 0 Å². The predicted molar refractivity (Wildman–Crippen MR) is 88.8 cm³/mol. The summed E-state index contributed by atoms with van der Waals surface area (Å²) in [5.74, 6) is 1.05. The summed E-state index contributed by atoms with van der Waals surface area (Å²) in [7, 11) is 0. The number of para-hydroxylation sites is 1. The lowest BCUT2D eigenvalue weighted by atomic mass is 9.75. The molecule has 1 unspecified atom stereocenters. The van der Waals surface area contributed by atoms with Crippen molar-refractivity contribution in [3.05, 3.63) is 35.0 Å². The molecule has 1 saturated carbocycles. The number of nitrogens with one attached hydrogen (secondary N) is 1. The molecule has 3 rings (SSSR count). The summed E-state index contributed by atoms with van der Waals surface area (Å²) >= 11 is 6.27. The Morgan fingerprint density at radius 2 is 2.05 bits per heavy atom. The summed E-state index contributed by atoms with van der Waals surface area (Å²) in [6.45, 7) is 5.43. The first-order valence-electron chi connectivity index (χ1n) is 8.11. The molecule has 0 bridgehead atoms. The Hall–Kier alpha value is -0.990. The van der Waals surface area contributed by atoms with Gasteiger partial charge in [0.25, 0.3) is 0 Å². The summed E-state index contributed by atoms with van der Waals surface area (Å²) < 4.78 is 6.16. The minimum absolute atomic E-state index is 0.290. The fourth-order valence-corrected chi connectivity index (χ4v) is 4.16. The lowest BCUT2D eigenvalue weighted by molar-refractivity contribution is 0.169.